The van der Waals surface area contributed by atoms with Gasteiger partial charge in [0.2, 0.25) is 0 Å². The third-order valence-corrected chi connectivity index (χ3v) is 10.2. The smallest absolute Gasteiger partial charge is 0.349 e. The molecule has 13 nitrogen and oxygen atoms in total. The Morgan fingerprint density at radius 2 is 1.61 bits per heavy atom. The number of benzene rings is 3. The molecule has 1 N–H and O–H groups in total. The molecule has 0 radical (unpaired) electrons. The standard InChI is InChI=1S/C38H34N6O7/c45-35-7-3-5-32-27-18-24(22-43(32)35)21-42(23-27)33-13-8-26(20-31(33)39-36(46)30-19-25-4-1-2-6-34(25)51-38(30)48)37(47)41-16-14-40(15-17-41)28-9-11-29(12-10-28)44(49)50/h1-13,19-20,24,27H,14-18,21-23H2,(H,39,46). The highest BCUT2D eigenvalue weighted by atomic mass is 16.6. The Balaban J connectivity index is 1.07. The average Bonchev–Trinajstić information content (AvgIpc) is 3.14. The van der Waals surface area contributed by atoms with Gasteiger partial charge in [-0.15, -0.1) is 0 Å². The number of anilines is 3. The van der Waals surface area contributed by atoms with Crippen LogP contribution in [-0.4, -0.2) is 65.5 Å². The van der Waals surface area contributed by atoms with Crippen molar-refractivity contribution in [2.75, 3.05) is 54.4 Å². The highest BCUT2D eigenvalue weighted by Crippen LogP contribution is 2.39. The molecule has 0 aliphatic carbocycles. The zero-order valence-electron chi connectivity index (χ0n) is 27.6. The number of pyridine rings is 1. The highest BCUT2D eigenvalue weighted by Gasteiger charge is 2.36. The van der Waals surface area contributed by atoms with Crippen LogP contribution in [0.5, 0.6) is 0 Å². The number of nitrogens with zero attached hydrogens (tertiary/aromatic N) is 5. The van der Waals surface area contributed by atoms with Crippen LogP contribution in [0.4, 0.5) is 22.7 Å². The summed E-state index contributed by atoms with van der Waals surface area (Å²) in [5.74, 6) is -0.530. The lowest BCUT2D eigenvalue weighted by Crippen LogP contribution is -2.49. The number of piperidine rings is 1. The van der Waals surface area contributed by atoms with Gasteiger partial charge in [0.1, 0.15) is 11.1 Å². The summed E-state index contributed by atoms with van der Waals surface area (Å²) in [6, 6.07) is 25.5. The van der Waals surface area contributed by atoms with Crippen LogP contribution in [0.1, 0.15) is 38.7 Å². The van der Waals surface area contributed by atoms with E-state index in [-0.39, 0.29) is 34.6 Å². The summed E-state index contributed by atoms with van der Waals surface area (Å²) < 4.78 is 7.30. The van der Waals surface area contributed by atoms with Crippen molar-refractivity contribution in [1.29, 1.82) is 0 Å². The molecule has 51 heavy (non-hydrogen) atoms. The van der Waals surface area contributed by atoms with Gasteiger partial charge in [0.05, 0.1) is 16.3 Å². The largest absolute Gasteiger partial charge is 0.422 e. The summed E-state index contributed by atoms with van der Waals surface area (Å²) in [6.45, 7) is 3.82. The van der Waals surface area contributed by atoms with Crippen molar-refractivity contribution in [2.24, 2.45) is 5.92 Å². The predicted molar refractivity (Wildman–Crippen MR) is 192 cm³/mol. The molecule has 0 saturated carbocycles. The van der Waals surface area contributed by atoms with Crippen molar-refractivity contribution in [3.63, 3.8) is 0 Å². The lowest BCUT2D eigenvalue weighted by atomic mass is 9.83. The van der Waals surface area contributed by atoms with Gasteiger partial charge < -0.3 is 29.0 Å². The van der Waals surface area contributed by atoms with Gasteiger partial charge in [-0.1, -0.05) is 24.3 Å². The monoisotopic (exact) mass is 686 g/mol. The van der Waals surface area contributed by atoms with Crippen LogP contribution in [0.2, 0.25) is 0 Å². The average molecular weight is 687 g/mol. The molecular weight excluding hydrogens is 652 g/mol. The zero-order chi connectivity index (χ0) is 35.2. The second-order valence-electron chi connectivity index (χ2n) is 13.3. The van der Waals surface area contributed by atoms with Gasteiger partial charge in [0.15, 0.2) is 0 Å². The second kappa shape index (κ2) is 12.9. The van der Waals surface area contributed by atoms with Crippen LogP contribution >= 0.6 is 0 Å². The number of piperazine rings is 1. The van der Waals surface area contributed by atoms with E-state index in [9.17, 15) is 29.3 Å². The Morgan fingerprint density at radius 1 is 0.824 bits per heavy atom. The molecule has 13 heteroatoms. The van der Waals surface area contributed by atoms with Crippen LogP contribution in [0.25, 0.3) is 11.0 Å². The number of fused-ring (bicyclic) bond motifs is 5. The van der Waals surface area contributed by atoms with Crippen LogP contribution < -0.4 is 26.3 Å². The minimum Gasteiger partial charge on any atom is -0.422 e. The third-order valence-electron chi connectivity index (χ3n) is 10.2. The highest BCUT2D eigenvalue weighted by molar-refractivity contribution is 6.08. The van der Waals surface area contributed by atoms with Crippen molar-refractivity contribution in [2.45, 2.75) is 18.9 Å². The van der Waals surface area contributed by atoms with E-state index in [1.165, 1.54) is 18.2 Å². The summed E-state index contributed by atoms with van der Waals surface area (Å²) in [7, 11) is 0. The fraction of sp³-hybridized carbons (Fsp3) is 0.263. The van der Waals surface area contributed by atoms with Gasteiger partial charge >= 0.3 is 5.63 Å². The number of hydrogen-bond donors (Lipinski definition) is 1. The number of hydrogen-bond acceptors (Lipinski definition) is 9. The molecule has 0 spiro atoms. The van der Waals surface area contributed by atoms with Crippen molar-refractivity contribution in [3.05, 3.63) is 139 Å². The summed E-state index contributed by atoms with van der Waals surface area (Å²) in [6.07, 6.45) is 0.947. The lowest BCUT2D eigenvalue weighted by Gasteiger charge is -2.44. The number of rotatable bonds is 6. The molecule has 3 aliphatic heterocycles. The van der Waals surface area contributed by atoms with Crippen molar-refractivity contribution in [3.8, 4) is 0 Å². The summed E-state index contributed by atoms with van der Waals surface area (Å²) in [5.41, 5.74) is 2.81. The Bertz CT molecular complexity index is 2310. The van der Waals surface area contributed by atoms with E-state index in [1.54, 1.807) is 65.6 Å². The molecule has 8 rings (SSSR count). The number of aromatic nitrogens is 1. The SMILES string of the molecule is O=C(Nc1cc(C(=O)N2CCN(c3ccc([N+](=O)[O-])cc3)CC2)ccc1N1CC2CC(C1)c1cccc(=O)n1C2)c1cc2ccccc2oc1=O. The number of nitro benzene ring substituents is 1. The maximum atomic E-state index is 13.9. The Morgan fingerprint density at radius 3 is 2.39 bits per heavy atom. The molecule has 3 aliphatic rings. The Labute approximate surface area is 291 Å². The van der Waals surface area contributed by atoms with Crippen molar-refractivity contribution >= 4 is 45.5 Å². The number of amides is 2. The summed E-state index contributed by atoms with van der Waals surface area (Å²) >= 11 is 0. The van der Waals surface area contributed by atoms with Gasteiger partial charge in [-0.25, -0.2) is 4.79 Å². The summed E-state index contributed by atoms with van der Waals surface area (Å²) in [5, 5.41) is 14.6. The first-order valence-corrected chi connectivity index (χ1v) is 16.9. The number of carbonyl (C=O) groups excluding carboxylic acids is 2. The second-order valence-corrected chi connectivity index (χ2v) is 13.3. The van der Waals surface area contributed by atoms with Gasteiger partial charge in [0, 0.05) is 92.3 Å². The predicted octanol–water partition coefficient (Wildman–Crippen LogP) is 4.70. The molecule has 3 aromatic carbocycles. The lowest BCUT2D eigenvalue weighted by molar-refractivity contribution is -0.384. The molecule has 5 heterocycles. The Kier molecular flexibility index (Phi) is 8.09. The molecule has 2 unspecified atom stereocenters. The van der Waals surface area contributed by atoms with E-state index < -0.39 is 16.5 Å². The van der Waals surface area contributed by atoms with E-state index in [4.69, 9.17) is 4.42 Å². The maximum absolute atomic E-state index is 13.9. The first kappa shape index (κ1) is 32.0. The molecule has 5 aromatic rings. The van der Waals surface area contributed by atoms with E-state index in [0.717, 1.165) is 23.5 Å². The van der Waals surface area contributed by atoms with Gasteiger partial charge in [-0.3, -0.25) is 24.5 Å². The number of nitrogens with one attached hydrogen (secondary N) is 1. The molecular formula is C38H34N6O7. The molecule has 2 atom stereocenters. The first-order valence-electron chi connectivity index (χ1n) is 16.9. The molecule has 2 amide bonds. The van der Waals surface area contributed by atoms with E-state index in [2.05, 4.69) is 15.1 Å². The van der Waals surface area contributed by atoms with E-state index in [1.807, 2.05) is 16.7 Å². The number of non-ortho nitro benzene ring substituents is 1. The van der Waals surface area contributed by atoms with Gasteiger partial charge in [-0.2, -0.15) is 0 Å². The van der Waals surface area contributed by atoms with Gasteiger partial charge in [0.25, 0.3) is 23.1 Å². The minimum atomic E-state index is -0.763. The minimum absolute atomic E-state index is 0.00531. The fourth-order valence-electron chi connectivity index (χ4n) is 7.68. The van der Waals surface area contributed by atoms with Crippen LogP contribution in [0.15, 0.2) is 105 Å². The molecule has 2 fully saturated rings. The third kappa shape index (κ3) is 6.11. The fourth-order valence-corrected chi connectivity index (χ4v) is 7.68. The van der Waals surface area contributed by atoms with Crippen molar-refractivity contribution < 1.29 is 18.9 Å². The summed E-state index contributed by atoms with van der Waals surface area (Å²) in [4.78, 5) is 69.9. The molecule has 2 saturated heterocycles. The molecule has 2 bridgehead atoms. The van der Waals surface area contributed by atoms with Crippen LogP contribution in [0.3, 0.4) is 0 Å². The van der Waals surface area contributed by atoms with E-state index >= 15 is 0 Å². The Hall–Kier alpha value is -6.24. The zero-order valence-corrected chi connectivity index (χ0v) is 27.6. The normalized spacial score (nSPS) is 18.3. The van der Waals surface area contributed by atoms with Crippen molar-refractivity contribution in [1.82, 2.24) is 9.47 Å². The van der Waals surface area contributed by atoms with E-state index in [0.29, 0.717) is 68.0 Å². The quantitative estimate of drug-likeness (QED) is 0.152. The van der Waals surface area contributed by atoms with Crippen LogP contribution in [-0.2, 0) is 6.54 Å². The number of para-hydroxylation sites is 1. The topological polar surface area (TPSA) is 151 Å². The van der Waals surface area contributed by atoms with Crippen LogP contribution in [0, 0.1) is 16.0 Å². The number of carbonyl (C=O) groups is 2. The first-order chi connectivity index (χ1) is 24.7. The van der Waals surface area contributed by atoms with Gasteiger partial charge in [-0.05, 0) is 60.9 Å². The molecule has 2 aromatic heterocycles. The number of nitro groups is 1. The molecule has 258 valence electrons. The maximum Gasteiger partial charge on any atom is 0.349 e.